The van der Waals surface area contributed by atoms with E-state index in [0.29, 0.717) is 12.7 Å². The van der Waals surface area contributed by atoms with Crippen molar-refractivity contribution in [1.82, 2.24) is 0 Å². The SMILES string of the molecule is COC(C)COC1CCCCC1OCC1CO1. The van der Waals surface area contributed by atoms with E-state index in [2.05, 4.69) is 0 Å². The summed E-state index contributed by atoms with van der Waals surface area (Å²) in [6.07, 6.45) is 5.68. The second-order valence-electron chi connectivity index (χ2n) is 5.03. The van der Waals surface area contributed by atoms with Crippen molar-refractivity contribution < 1.29 is 18.9 Å². The van der Waals surface area contributed by atoms with E-state index >= 15 is 0 Å². The molecule has 1 aliphatic heterocycles. The van der Waals surface area contributed by atoms with Gasteiger partial charge in [0, 0.05) is 7.11 Å². The molecule has 1 heterocycles. The van der Waals surface area contributed by atoms with Crippen LogP contribution in [0, 0.1) is 0 Å². The fraction of sp³-hybridized carbons (Fsp3) is 1.00. The van der Waals surface area contributed by atoms with Crippen LogP contribution < -0.4 is 0 Å². The Labute approximate surface area is 104 Å². The third kappa shape index (κ3) is 4.54. The minimum absolute atomic E-state index is 0.157. The zero-order valence-electron chi connectivity index (χ0n) is 10.9. The highest BCUT2D eigenvalue weighted by atomic mass is 16.6. The predicted octanol–water partition coefficient (Wildman–Crippen LogP) is 1.76. The summed E-state index contributed by atoms with van der Waals surface area (Å²) in [6, 6.07) is 0. The molecule has 4 heteroatoms. The van der Waals surface area contributed by atoms with Gasteiger partial charge in [-0.15, -0.1) is 0 Å². The molecule has 1 saturated carbocycles. The second kappa shape index (κ2) is 6.69. The number of methoxy groups -OCH3 is 1. The van der Waals surface area contributed by atoms with Gasteiger partial charge < -0.3 is 18.9 Å². The maximum absolute atomic E-state index is 5.91. The van der Waals surface area contributed by atoms with Crippen molar-refractivity contribution in [3.05, 3.63) is 0 Å². The van der Waals surface area contributed by atoms with E-state index in [1.807, 2.05) is 6.92 Å². The lowest BCUT2D eigenvalue weighted by Crippen LogP contribution is -2.37. The molecular formula is C13H24O4. The highest BCUT2D eigenvalue weighted by Crippen LogP contribution is 2.25. The largest absolute Gasteiger partial charge is 0.379 e. The molecule has 0 spiro atoms. The summed E-state index contributed by atoms with van der Waals surface area (Å²) in [4.78, 5) is 0. The zero-order valence-corrected chi connectivity index (χ0v) is 10.9. The lowest BCUT2D eigenvalue weighted by Gasteiger charge is -2.32. The smallest absolute Gasteiger partial charge is 0.104 e. The van der Waals surface area contributed by atoms with Crippen LogP contribution in [-0.4, -0.2) is 51.3 Å². The maximum atomic E-state index is 5.91. The lowest BCUT2D eigenvalue weighted by molar-refractivity contribution is -0.112. The van der Waals surface area contributed by atoms with Crippen molar-refractivity contribution >= 4 is 0 Å². The molecule has 0 aromatic rings. The van der Waals surface area contributed by atoms with E-state index in [-0.39, 0.29) is 18.3 Å². The van der Waals surface area contributed by atoms with Gasteiger partial charge >= 0.3 is 0 Å². The molecule has 0 amide bonds. The lowest BCUT2D eigenvalue weighted by atomic mass is 9.94. The van der Waals surface area contributed by atoms with Crippen LogP contribution in [0.15, 0.2) is 0 Å². The first-order valence-electron chi connectivity index (χ1n) is 6.67. The topological polar surface area (TPSA) is 40.2 Å². The van der Waals surface area contributed by atoms with Gasteiger partial charge in [0.1, 0.15) is 6.10 Å². The average molecular weight is 244 g/mol. The number of epoxide rings is 1. The van der Waals surface area contributed by atoms with Crippen molar-refractivity contribution in [2.45, 2.75) is 57.0 Å². The molecule has 100 valence electrons. The van der Waals surface area contributed by atoms with Gasteiger partial charge in [-0.3, -0.25) is 0 Å². The Morgan fingerprint density at radius 1 is 1.18 bits per heavy atom. The molecule has 17 heavy (non-hydrogen) atoms. The summed E-state index contributed by atoms with van der Waals surface area (Å²) in [5.74, 6) is 0. The van der Waals surface area contributed by atoms with Gasteiger partial charge in [-0.25, -0.2) is 0 Å². The fourth-order valence-electron chi connectivity index (χ4n) is 2.17. The van der Waals surface area contributed by atoms with E-state index in [4.69, 9.17) is 18.9 Å². The van der Waals surface area contributed by atoms with Crippen LogP contribution in [0.3, 0.4) is 0 Å². The molecule has 2 fully saturated rings. The monoisotopic (exact) mass is 244 g/mol. The standard InChI is InChI=1S/C13H24O4/c1-10(14-2)7-16-12-5-3-4-6-13(12)17-9-11-8-15-11/h10-13H,3-9H2,1-2H3. The number of hydrogen-bond acceptors (Lipinski definition) is 4. The first-order valence-corrected chi connectivity index (χ1v) is 6.67. The Kier molecular flexibility index (Phi) is 5.22. The van der Waals surface area contributed by atoms with Gasteiger partial charge in [0.15, 0.2) is 0 Å². The van der Waals surface area contributed by atoms with Gasteiger partial charge in [-0.05, 0) is 19.8 Å². The Balaban J connectivity index is 1.70. The quantitative estimate of drug-likeness (QED) is 0.640. The molecule has 0 radical (unpaired) electrons. The summed E-state index contributed by atoms with van der Waals surface area (Å²) in [7, 11) is 1.72. The van der Waals surface area contributed by atoms with Gasteiger partial charge in [-0.1, -0.05) is 12.8 Å². The third-order valence-electron chi connectivity index (χ3n) is 3.49. The average Bonchev–Trinajstić information content (AvgIpc) is 3.18. The van der Waals surface area contributed by atoms with E-state index in [9.17, 15) is 0 Å². The Hall–Kier alpha value is -0.160. The van der Waals surface area contributed by atoms with Crippen molar-refractivity contribution in [3.8, 4) is 0 Å². The molecule has 2 rings (SSSR count). The van der Waals surface area contributed by atoms with Crippen LogP contribution in [0.25, 0.3) is 0 Å². The van der Waals surface area contributed by atoms with Crippen molar-refractivity contribution in [2.75, 3.05) is 26.9 Å². The van der Waals surface area contributed by atoms with Crippen LogP contribution in [0.2, 0.25) is 0 Å². The highest BCUT2D eigenvalue weighted by Gasteiger charge is 2.30. The number of ether oxygens (including phenoxy) is 4. The van der Waals surface area contributed by atoms with Crippen molar-refractivity contribution in [1.29, 1.82) is 0 Å². The Morgan fingerprint density at radius 2 is 1.82 bits per heavy atom. The van der Waals surface area contributed by atoms with Crippen LogP contribution in [0.5, 0.6) is 0 Å². The molecular weight excluding hydrogens is 220 g/mol. The summed E-state index contributed by atoms with van der Waals surface area (Å²) in [6.45, 7) is 4.26. The molecule has 2 aliphatic rings. The van der Waals surface area contributed by atoms with Crippen molar-refractivity contribution in [3.63, 3.8) is 0 Å². The molecule has 4 nitrogen and oxygen atoms in total. The van der Waals surface area contributed by atoms with Crippen molar-refractivity contribution in [2.24, 2.45) is 0 Å². The summed E-state index contributed by atoms with van der Waals surface area (Å²) in [5, 5.41) is 0. The molecule has 4 unspecified atom stereocenters. The van der Waals surface area contributed by atoms with Crippen LogP contribution >= 0.6 is 0 Å². The highest BCUT2D eigenvalue weighted by molar-refractivity contribution is 4.78. The van der Waals surface area contributed by atoms with Crippen LogP contribution in [-0.2, 0) is 18.9 Å². The van der Waals surface area contributed by atoms with Gasteiger partial charge in [-0.2, -0.15) is 0 Å². The first kappa shape index (κ1) is 13.3. The molecule has 4 atom stereocenters. The van der Waals surface area contributed by atoms with Crippen LogP contribution in [0.4, 0.5) is 0 Å². The summed E-state index contributed by atoms with van der Waals surface area (Å²) >= 11 is 0. The Bertz CT molecular complexity index is 217. The van der Waals surface area contributed by atoms with Gasteiger partial charge in [0.2, 0.25) is 0 Å². The van der Waals surface area contributed by atoms with E-state index < -0.39 is 0 Å². The predicted molar refractivity (Wildman–Crippen MR) is 64.2 cm³/mol. The third-order valence-corrected chi connectivity index (χ3v) is 3.49. The second-order valence-corrected chi connectivity index (χ2v) is 5.03. The van der Waals surface area contributed by atoms with E-state index in [1.165, 1.54) is 12.8 Å². The maximum Gasteiger partial charge on any atom is 0.104 e. The normalized spacial score (nSPS) is 34.6. The molecule has 1 aliphatic carbocycles. The Morgan fingerprint density at radius 3 is 2.41 bits per heavy atom. The minimum Gasteiger partial charge on any atom is -0.379 e. The first-order chi connectivity index (χ1) is 8.29. The molecule has 0 aromatic heterocycles. The molecule has 0 bridgehead atoms. The number of rotatable bonds is 7. The summed E-state index contributed by atoms with van der Waals surface area (Å²) in [5.41, 5.74) is 0. The molecule has 0 aromatic carbocycles. The molecule has 1 saturated heterocycles. The minimum atomic E-state index is 0.157. The number of hydrogen-bond donors (Lipinski definition) is 0. The van der Waals surface area contributed by atoms with E-state index in [1.54, 1.807) is 7.11 Å². The van der Waals surface area contributed by atoms with Crippen LogP contribution in [0.1, 0.15) is 32.6 Å². The van der Waals surface area contributed by atoms with Gasteiger partial charge in [0.25, 0.3) is 0 Å². The zero-order chi connectivity index (χ0) is 12.1. The summed E-state index contributed by atoms with van der Waals surface area (Å²) < 4.78 is 22.2. The van der Waals surface area contributed by atoms with Gasteiger partial charge in [0.05, 0.1) is 38.1 Å². The van der Waals surface area contributed by atoms with E-state index in [0.717, 1.165) is 26.1 Å². The fourth-order valence-corrected chi connectivity index (χ4v) is 2.17. The molecule has 0 N–H and O–H groups in total.